The van der Waals surface area contributed by atoms with Crippen molar-refractivity contribution in [3.63, 3.8) is 0 Å². The van der Waals surface area contributed by atoms with E-state index in [1.807, 2.05) is 19.1 Å². The molecule has 39 heavy (non-hydrogen) atoms. The second-order valence-electron chi connectivity index (χ2n) is 8.22. The minimum Gasteiger partial charge on any atom is -0.497 e. The van der Waals surface area contributed by atoms with Crippen LogP contribution in [0.25, 0.3) is 6.08 Å². The van der Waals surface area contributed by atoms with Crippen LogP contribution in [-0.4, -0.2) is 42.2 Å². The molecule has 0 bridgehead atoms. The van der Waals surface area contributed by atoms with Gasteiger partial charge in [-0.25, -0.2) is 0 Å². The average Bonchev–Trinajstić information content (AvgIpc) is 3.17. The lowest BCUT2D eigenvalue weighted by atomic mass is 10.1. The maximum absolute atomic E-state index is 13.0. The van der Waals surface area contributed by atoms with Gasteiger partial charge in [0.1, 0.15) is 18.9 Å². The van der Waals surface area contributed by atoms with Crippen LogP contribution in [0.15, 0.2) is 65.6 Å². The van der Waals surface area contributed by atoms with E-state index < -0.39 is 23.6 Å². The van der Waals surface area contributed by atoms with Crippen molar-refractivity contribution in [3.8, 4) is 17.2 Å². The molecule has 1 saturated heterocycles. The van der Waals surface area contributed by atoms with E-state index in [2.05, 4.69) is 5.32 Å². The molecule has 0 aliphatic carbocycles. The molecule has 0 atom stereocenters. The summed E-state index contributed by atoms with van der Waals surface area (Å²) < 4.78 is 16.8. The van der Waals surface area contributed by atoms with Gasteiger partial charge >= 0.3 is 0 Å². The molecule has 0 spiro atoms. The fourth-order valence-corrected chi connectivity index (χ4v) is 4.85. The van der Waals surface area contributed by atoms with Gasteiger partial charge in [0.15, 0.2) is 11.5 Å². The molecular weight excluding hydrogens is 563 g/mol. The van der Waals surface area contributed by atoms with Crippen LogP contribution in [-0.2, 0) is 16.2 Å². The van der Waals surface area contributed by atoms with E-state index in [0.717, 1.165) is 22.2 Å². The van der Waals surface area contributed by atoms with Crippen LogP contribution in [0.5, 0.6) is 17.2 Å². The van der Waals surface area contributed by atoms with Crippen molar-refractivity contribution in [1.29, 1.82) is 0 Å². The van der Waals surface area contributed by atoms with Gasteiger partial charge in [-0.2, -0.15) is 0 Å². The molecule has 1 N–H and O–H groups in total. The molecule has 0 radical (unpaired) electrons. The van der Waals surface area contributed by atoms with E-state index in [4.69, 9.17) is 37.4 Å². The van der Waals surface area contributed by atoms with Gasteiger partial charge in [0.05, 0.1) is 23.6 Å². The van der Waals surface area contributed by atoms with Crippen molar-refractivity contribution in [2.45, 2.75) is 13.5 Å². The van der Waals surface area contributed by atoms with E-state index in [1.54, 1.807) is 48.5 Å². The third-order valence-electron chi connectivity index (χ3n) is 5.47. The predicted molar refractivity (Wildman–Crippen MR) is 153 cm³/mol. The maximum Gasteiger partial charge on any atom is 0.294 e. The van der Waals surface area contributed by atoms with Gasteiger partial charge in [-0.3, -0.25) is 19.3 Å². The lowest BCUT2D eigenvalue weighted by molar-refractivity contribution is -0.127. The number of benzene rings is 3. The molecule has 3 aromatic carbocycles. The number of nitrogens with zero attached hydrogens (tertiary/aromatic N) is 1. The van der Waals surface area contributed by atoms with Crippen LogP contribution in [0.2, 0.25) is 10.0 Å². The van der Waals surface area contributed by atoms with Crippen molar-refractivity contribution < 1.29 is 28.6 Å². The zero-order chi connectivity index (χ0) is 27.9. The summed E-state index contributed by atoms with van der Waals surface area (Å²) in [7, 11) is 1.54. The molecule has 1 fully saturated rings. The Hall–Kier alpha value is -3.66. The van der Waals surface area contributed by atoms with E-state index in [0.29, 0.717) is 40.1 Å². The van der Waals surface area contributed by atoms with Crippen LogP contribution in [0.1, 0.15) is 18.1 Å². The van der Waals surface area contributed by atoms with Gasteiger partial charge in [-0.15, -0.1) is 0 Å². The Morgan fingerprint density at radius 1 is 1.03 bits per heavy atom. The van der Waals surface area contributed by atoms with Crippen LogP contribution in [0.4, 0.5) is 10.5 Å². The van der Waals surface area contributed by atoms with Gasteiger partial charge < -0.3 is 19.5 Å². The number of thioether (sulfide) groups is 1. The van der Waals surface area contributed by atoms with Crippen LogP contribution >= 0.6 is 35.0 Å². The standard InChI is InChI=1S/C28H24Cl2N2O6S/c1-3-37-23-13-18(12-22(30)26(23)38-16-17-4-6-19(29)7-5-17)14-24-27(34)32(28(35)39-24)15-25(33)31-20-8-10-21(36-2)11-9-20/h4-14H,3,15-16H2,1-2H3,(H,31,33)/b24-14+. The number of methoxy groups -OCH3 is 1. The molecule has 3 aromatic rings. The number of anilines is 1. The zero-order valence-corrected chi connectivity index (χ0v) is 23.4. The van der Waals surface area contributed by atoms with Crippen LogP contribution < -0.4 is 19.5 Å². The Kier molecular flexibility index (Phi) is 9.40. The quantitative estimate of drug-likeness (QED) is 0.265. The molecule has 0 saturated carbocycles. The number of imide groups is 1. The summed E-state index contributed by atoms with van der Waals surface area (Å²) in [6.07, 6.45) is 1.53. The summed E-state index contributed by atoms with van der Waals surface area (Å²) in [5.74, 6) is 0.301. The highest BCUT2D eigenvalue weighted by atomic mass is 35.5. The highest BCUT2D eigenvalue weighted by Gasteiger charge is 2.36. The van der Waals surface area contributed by atoms with E-state index >= 15 is 0 Å². The number of carbonyl (C=O) groups is 3. The Morgan fingerprint density at radius 2 is 1.74 bits per heavy atom. The van der Waals surface area contributed by atoms with Gasteiger partial charge in [0.2, 0.25) is 5.91 Å². The number of amides is 3. The number of hydrogen-bond donors (Lipinski definition) is 1. The largest absolute Gasteiger partial charge is 0.497 e. The Labute approximate surface area is 239 Å². The predicted octanol–water partition coefficient (Wildman–Crippen LogP) is 6.65. The van der Waals surface area contributed by atoms with E-state index in [-0.39, 0.29) is 16.5 Å². The number of halogens is 2. The zero-order valence-electron chi connectivity index (χ0n) is 21.0. The van der Waals surface area contributed by atoms with Crippen molar-refractivity contribution in [1.82, 2.24) is 4.90 Å². The van der Waals surface area contributed by atoms with E-state index in [9.17, 15) is 14.4 Å². The van der Waals surface area contributed by atoms with E-state index in [1.165, 1.54) is 13.2 Å². The normalized spacial score (nSPS) is 14.1. The Balaban J connectivity index is 1.46. The summed E-state index contributed by atoms with van der Waals surface area (Å²) in [6, 6.07) is 17.2. The summed E-state index contributed by atoms with van der Waals surface area (Å²) in [6.45, 7) is 2.01. The van der Waals surface area contributed by atoms with Crippen LogP contribution in [0, 0.1) is 0 Å². The molecule has 0 aromatic heterocycles. The summed E-state index contributed by atoms with van der Waals surface area (Å²) in [5, 5.41) is 3.02. The van der Waals surface area contributed by atoms with Crippen LogP contribution in [0.3, 0.4) is 0 Å². The lowest BCUT2D eigenvalue weighted by Crippen LogP contribution is -2.36. The molecule has 8 nitrogen and oxygen atoms in total. The monoisotopic (exact) mass is 586 g/mol. The van der Waals surface area contributed by atoms with Crippen molar-refractivity contribution in [2.24, 2.45) is 0 Å². The number of carbonyl (C=O) groups excluding carboxylic acids is 3. The fraction of sp³-hybridized carbons (Fsp3) is 0.179. The number of nitrogens with one attached hydrogen (secondary N) is 1. The first-order valence-electron chi connectivity index (χ1n) is 11.8. The summed E-state index contributed by atoms with van der Waals surface area (Å²) >= 11 is 13.2. The van der Waals surface area contributed by atoms with Gasteiger partial charge in [0, 0.05) is 10.7 Å². The third-order valence-corrected chi connectivity index (χ3v) is 6.92. The minimum atomic E-state index is -0.577. The van der Waals surface area contributed by atoms with Crippen molar-refractivity contribution in [3.05, 3.63) is 86.7 Å². The molecule has 0 unspecified atom stereocenters. The van der Waals surface area contributed by atoms with Crippen molar-refractivity contribution in [2.75, 3.05) is 25.6 Å². The maximum atomic E-state index is 13.0. The molecule has 3 amide bonds. The number of ether oxygens (including phenoxy) is 3. The summed E-state index contributed by atoms with van der Waals surface area (Å²) in [5.41, 5.74) is 1.95. The lowest BCUT2D eigenvalue weighted by Gasteiger charge is -2.15. The molecule has 1 heterocycles. The smallest absolute Gasteiger partial charge is 0.294 e. The molecule has 1 aliphatic heterocycles. The first kappa shape index (κ1) is 28.4. The second-order valence-corrected chi connectivity index (χ2v) is 10.1. The molecule has 11 heteroatoms. The fourth-order valence-electron chi connectivity index (χ4n) is 3.62. The highest BCUT2D eigenvalue weighted by molar-refractivity contribution is 8.18. The Bertz CT molecular complexity index is 1410. The van der Waals surface area contributed by atoms with Gasteiger partial charge in [-0.1, -0.05) is 35.3 Å². The number of rotatable bonds is 10. The topological polar surface area (TPSA) is 94.2 Å². The third kappa shape index (κ3) is 7.26. The molecule has 202 valence electrons. The van der Waals surface area contributed by atoms with Gasteiger partial charge in [0.25, 0.3) is 11.1 Å². The average molecular weight is 587 g/mol. The molecular formula is C28H24Cl2N2O6S. The summed E-state index contributed by atoms with van der Waals surface area (Å²) in [4.78, 5) is 39.0. The highest BCUT2D eigenvalue weighted by Crippen LogP contribution is 2.39. The SMILES string of the molecule is CCOc1cc(/C=C2/SC(=O)N(CC(=O)Nc3ccc(OC)cc3)C2=O)cc(Cl)c1OCc1ccc(Cl)cc1. The first-order chi connectivity index (χ1) is 18.8. The van der Waals surface area contributed by atoms with Crippen molar-refractivity contribution >= 4 is 63.8 Å². The first-order valence-corrected chi connectivity index (χ1v) is 13.4. The molecule has 4 rings (SSSR count). The second kappa shape index (κ2) is 12.9. The van der Waals surface area contributed by atoms with Gasteiger partial charge in [-0.05, 0) is 84.4 Å². The Morgan fingerprint density at radius 3 is 2.41 bits per heavy atom. The number of hydrogen-bond acceptors (Lipinski definition) is 7. The minimum absolute atomic E-state index is 0.158. The molecule has 1 aliphatic rings.